The Morgan fingerprint density at radius 1 is 1.00 bits per heavy atom. The molecule has 218 valence electrons. The number of hydrogen-bond donors (Lipinski definition) is 3. The monoisotopic (exact) mass is 577 g/mol. The maximum Gasteiger partial charge on any atom is 0.248 e. The van der Waals surface area contributed by atoms with Crippen molar-refractivity contribution in [1.82, 2.24) is 15.2 Å². The van der Waals surface area contributed by atoms with E-state index in [0.717, 1.165) is 42.7 Å². The molecule has 3 aromatic rings. The summed E-state index contributed by atoms with van der Waals surface area (Å²) in [5.41, 5.74) is 1.87. The van der Waals surface area contributed by atoms with E-state index in [2.05, 4.69) is 10.3 Å². The average molecular weight is 578 g/mol. The summed E-state index contributed by atoms with van der Waals surface area (Å²) in [5.74, 6) is -1.61. The molecule has 1 saturated carbocycles. The number of nitrogens with one attached hydrogen (secondary N) is 2. The van der Waals surface area contributed by atoms with Crippen LogP contribution in [0.15, 0.2) is 47.3 Å². The van der Waals surface area contributed by atoms with Crippen molar-refractivity contribution in [3.8, 4) is 5.75 Å². The van der Waals surface area contributed by atoms with Crippen molar-refractivity contribution in [2.75, 3.05) is 32.8 Å². The van der Waals surface area contributed by atoms with Gasteiger partial charge in [0, 0.05) is 30.6 Å². The zero-order chi connectivity index (χ0) is 27.6. The van der Waals surface area contributed by atoms with Gasteiger partial charge in [0.25, 0.3) is 0 Å². The fraction of sp³-hybridized carbons (Fsp3) is 0.467. The van der Waals surface area contributed by atoms with Gasteiger partial charge in [-0.2, -0.15) is 0 Å². The Morgan fingerprint density at radius 2 is 1.80 bits per heavy atom. The first-order chi connectivity index (χ1) is 18.9. The lowest BCUT2D eigenvalue weighted by Crippen LogP contribution is -2.45. The Labute approximate surface area is 239 Å². The molecule has 1 aromatic heterocycles. The number of benzene rings is 2. The number of ether oxygens (including phenoxy) is 1. The second kappa shape index (κ2) is 15.7. The number of carbonyl (C=O) groups excluding carboxylic acids is 1. The van der Waals surface area contributed by atoms with E-state index >= 15 is 0 Å². The minimum atomic E-state index is -0.868. The molecule has 3 N–H and O–H groups in total. The van der Waals surface area contributed by atoms with E-state index in [1.807, 2.05) is 11.0 Å². The summed E-state index contributed by atoms with van der Waals surface area (Å²) in [6, 6.07) is 10.7. The second-order valence-corrected chi connectivity index (χ2v) is 10.1. The third kappa shape index (κ3) is 8.74. The molecule has 0 saturated heterocycles. The number of phenols is 1. The number of carbonyl (C=O) groups is 1. The van der Waals surface area contributed by atoms with Crippen molar-refractivity contribution in [3.63, 3.8) is 0 Å². The quantitative estimate of drug-likeness (QED) is 0.252. The van der Waals surface area contributed by atoms with Crippen LogP contribution in [-0.4, -0.2) is 59.8 Å². The molecule has 7 nitrogen and oxygen atoms in total. The Hall–Kier alpha value is -3.01. The molecular weight excluding hydrogens is 540 g/mol. The molecule has 1 aliphatic rings. The first-order valence-corrected chi connectivity index (χ1v) is 13.8. The van der Waals surface area contributed by atoms with Gasteiger partial charge in [0.2, 0.25) is 11.5 Å². The smallest absolute Gasteiger partial charge is 0.248 e. The van der Waals surface area contributed by atoms with Crippen LogP contribution in [0, 0.1) is 11.6 Å². The van der Waals surface area contributed by atoms with E-state index < -0.39 is 11.6 Å². The highest BCUT2D eigenvalue weighted by Crippen LogP contribution is 2.25. The summed E-state index contributed by atoms with van der Waals surface area (Å²) < 4.78 is 32.1. The van der Waals surface area contributed by atoms with Crippen LogP contribution in [0.1, 0.15) is 49.7 Å². The first-order valence-electron chi connectivity index (χ1n) is 13.8. The van der Waals surface area contributed by atoms with Crippen LogP contribution in [0.5, 0.6) is 5.75 Å². The van der Waals surface area contributed by atoms with Crippen LogP contribution in [0.3, 0.4) is 0 Å². The van der Waals surface area contributed by atoms with E-state index in [1.165, 1.54) is 24.6 Å². The number of H-pyrrole nitrogens is 1. The van der Waals surface area contributed by atoms with E-state index in [-0.39, 0.29) is 48.7 Å². The number of amides is 1. The van der Waals surface area contributed by atoms with Gasteiger partial charge >= 0.3 is 0 Å². The normalized spacial score (nSPS) is 13.8. The van der Waals surface area contributed by atoms with Crippen molar-refractivity contribution in [1.29, 1.82) is 0 Å². The van der Waals surface area contributed by atoms with Crippen molar-refractivity contribution in [2.24, 2.45) is 0 Å². The van der Waals surface area contributed by atoms with Crippen LogP contribution in [0.2, 0.25) is 0 Å². The van der Waals surface area contributed by atoms with E-state index in [9.17, 15) is 23.5 Å². The molecule has 4 rings (SSSR count). The molecular formula is C30H38ClF2N3O4. The first kappa shape index (κ1) is 31.5. The van der Waals surface area contributed by atoms with Crippen LogP contribution >= 0.6 is 12.4 Å². The molecule has 1 heterocycles. The largest absolute Gasteiger partial charge is 0.506 e. The molecule has 1 aliphatic carbocycles. The van der Waals surface area contributed by atoms with Crippen LogP contribution in [-0.2, 0) is 22.4 Å². The number of fused-ring (bicyclic) bond motifs is 1. The zero-order valence-electron chi connectivity index (χ0n) is 22.6. The fourth-order valence-corrected chi connectivity index (χ4v) is 5.26. The fourth-order valence-electron chi connectivity index (χ4n) is 5.26. The number of aromatic amines is 1. The number of rotatable bonds is 13. The standard InChI is InChI=1S/C30H37F2N3O4.ClH/c31-25-9-6-21(20-26(25)32)13-18-39-19-14-29(38)35(23-4-2-1-3-5-23)17-16-33-15-12-22-7-10-27(36)30-24(22)8-11-28(37)34-30;/h6-11,20,23,33,36H,1-5,12-19H2,(H,34,37);1H. The summed E-state index contributed by atoms with van der Waals surface area (Å²) in [4.78, 5) is 29.4. The SMILES string of the molecule is Cl.O=C(CCOCCc1ccc(F)c(F)c1)N(CCNCCc1ccc(O)c2[nH]c(=O)ccc12)C1CCCCC1. The maximum absolute atomic E-state index is 13.4. The molecule has 0 aliphatic heterocycles. The van der Waals surface area contributed by atoms with Crippen LogP contribution in [0.25, 0.3) is 10.9 Å². The van der Waals surface area contributed by atoms with Crippen molar-refractivity contribution in [3.05, 3.63) is 75.6 Å². The van der Waals surface area contributed by atoms with Crippen molar-refractivity contribution >= 4 is 29.2 Å². The molecule has 0 bridgehead atoms. The maximum atomic E-state index is 13.4. The lowest BCUT2D eigenvalue weighted by molar-refractivity contribution is -0.135. The summed E-state index contributed by atoms with van der Waals surface area (Å²) in [6.07, 6.45) is 6.94. The molecule has 0 atom stereocenters. The van der Waals surface area contributed by atoms with Gasteiger partial charge in [-0.25, -0.2) is 8.78 Å². The van der Waals surface area contributed by atoms with Gasteiger partial charge in [-0.15, -0.1) is 12.4 Å². The predicted molar refractivity (Wildman–Crippen MR) is 154 cm³/mol. The lowest BCUT2D eigenvalue weighted by atomic mass is 9.94. The zero-order valence-corrected chi connectivity index (χ0v) is 23.4. The lowest BCUT2D eigenvalue weighted by Gasteiger charge is -2.34. The summed E-state index contributed by atoms with van der Waals surface area (Å²) in [6.45, 7) is 2.59. The number of aromatic nitrogens is 1. The van der Waals surface area contributed by atoms with Crippen LogP contribution in [0.4, 0.5) is 8.78 Å². The molecule has 1 fully saturated rings. The molecule has 0 unspecified atom stereocenters. The highest BCUT2D eigenvalue weighted by Gasteiger charge is 2.24. The minimum absolute atomic E-state index is 0. The van der Waals surface area contributed by atoms with Gasteiger partial charge in [0.1, 0.15) is 5.75 Å². The summed E-state index contributed by atoms with van der Waals surface area (Å²) in [5, 5.41) is 14.3. The molecule has 0 radical (unpaired) electrons. The Kier molecular flexibility index (Phi) is 12.4. The average Bonchev–Trinajstić information content (AvgIpc) is 2.94. The van der Waals surface area contributed by atoms with Crippen molar-refractivity contribution < 1.29 is 23.4 Å². The van der Waals surface area contributed by atoms with Gasteiger partial charge in [0.05, 0.1) is 25.2 Å². The molecule has 2 aromatic carbocycles. The van der Waals surface area contributed by atoms with Crippen molar-refractivity contribution in [2.45, 2.75) is 57.4 Å². The summed E-state index contributed by atoms with van der Waals surface area (Å²) >= 11 is 0. The van der Waals surface area contributed by atoms with E-state index in [0.29, 0.717) is 50.2 Å². The molecule has 0 spiro atoms. The third-order valence-electron chi connectivity index (χ3n) is 7.38. The van der Waals surface area contributed by atoms with Gasteiger partial charge in [0.15, 0.2) is 11.6 Å². The summed E-state index contributed by atoms with van der Waals surface area (Å²) in [7, 11) is 0. The topological polar surface area (TPSA) is 94.7 Å². The number of aromatic hydroxyl groups is 1. The number of halogens is 3. The highest BCUT2D eigenvalue weighted by molar-refractivity contribution is 5.87. The number of nitrogens with zero attached hydrogens (tertiary/aromatic N) is 1. The molecule has 40 heavy (non-hydrogen) atoms. The predicted octanol–water partition coefficient (Wildman–Crippen LogP) is 4.88. The highest BCUT2D eigenvalue weighted by atomic mass is 35.5. The van der Waals surface area contributed by atoms with E-state index in [4.69, 9.17) is 4.74 Å². The molecule has 10 heteroatoms. The van der Waals surface area contributed by atoms with Gasteiger partial charge in [-0.3, -0.25) is 9.59 Å². The van der Waals surface area contributed by atoms with E-state index in [1.54, 1.807) is 12.1 Å². The number of hydrogen-bond acceptors (Lipinski definition) is 5. The second-order valence-electron chi connectivity index (χ2n) is 10.1. The molecule has 1 amide bonds. The number of pyridine rings is 1. The van der Waals surface area contributed by atoms with Gasteiger partial charge in [-0.1, -0.05) is 31.4 Å². The Bertz CT molecular complexity index is 1310. The van der Waals surface area contributed by atoms with Gasteiger partial charge < -0.3 is 25.0 Å². The van der Waals surface area contributed by atoms with Crippen LogP contribution < -0.4 is 10.9 Å². The van der Waals surface area contributed by atoms with Gasteiger partial charge in [-0.05, 0) is 67.6 Å². The Morgan fingerprint density at radius 3 is 2.58 bits per heavy atom. The third-order valence-corrected chi connectivity index (χ3v) is 7.38. The number of phenolic OH excluding ortho intramolecular Hbond substituents is 1. The Balaban J connectivity index is 0.00000441. The minimum Gasteiger partial charge on any atom is -0.506 e.